The normalized spacial score (nSPS) is 10.9. The van der Waals surface area contributed by atoms with Crippen LogP contribution >= 0.6 is 0 Å². The van der Waals surface area contributed by atoms with Crippen molar-refractivity contribution in [1.29, 1.82) is 0 Å². The summed E-state index contributed by atoms with van der Waals surface area (Å²) in [5.41, 5.74) is 3.87. The minimum absolute atomic E-state index is 0.189. The van der Waals surface area contributed by atoms with Gasteiger partial charge in [0.25, 0.3) is 11.3 Å². The van der Waals surface area contributed by atoms with E-state index in [0.29, 0.717) is 30.5 Å². The van der Waals surface area contributed by atoms with Gasteiger partial charge < -0.3 is 10.6 Å². The first-order valence-corrected chi connectivity index (χ1v) is 9.31. The smallest absolute Gasteiger partial charge is 0.274 e. The van der Waals surface area contributed by atoms with Crippen LogP contribution in [-0.2, 0) is 19.5 Å². The summed E-state index contributed by atoms with van der Waals surface area (Å²) in [5, 5.41) is 9.50. The van der Waals surface area contributed by atoms with Gasteiger partial charge in [-0.1, -0.05) is 55.5 Å². The molecule has 0 unspecified atom stereocenters. The fourth-order valence-electron chi connectivity index (χ4n) is 3.07. The van der Waals surface area contributed by atoms with Crippen molar-refractivity contribution in [3.63, 3.8) is 0 Å². The fraction of sp³-hybridized carbons (Fsp3) is 0.190. The van der Waals surface area contributed by atoms with E-state index >= 15 is 0 Å². The number of aromatic nitrogens is 4. The molecule has 0 saturated carbocycles. The zero-order chi connectivity index (χ0) is 19.3. The summed E-state index contributed by atoms with van der Waals surface area (Å²) in [4.78, 5) is 21.3. The zero-order valence-electron chi connectivity index (χ0n) is 15.6. The molecule has 0 aliphatic rings. The van der Waals surface area contributed by atoms with E-state index < -0.39 is 0 Å². The van der Waals surface area contributed by atoms with Gasteiger partial charge in [0.1, 0.15) is 0 Å². The van der Waals surface area contributed by atoms with Crippen LogP contribution in [0, 0.1) is 0 Å². The average Bonchev–Trinajstić information content (AvgIpc) is 3.15. The number of fused-ring (bicyclic) bond motifs is 1. The minimum Gasteiger partial charge on any atom is -0.379 e. The number of nitrogens with zero attached hydrogens (tertiary/aromatic N) is 3. The Balaban J connectivity index is 1.50. The second kappa shape index (κ2) is 7.96. The van der Waals surface area contributed by atoms with Crippen LogP contribution in [0.25, 0.3) is 5.78 Å². The van der Waals surface area contributed by atoms with Crippen molar-refractivity contribution in [2.75, 3.05) is 10.6 Å². The van der Waals surface area contributed by atoms with Gasteiger partial charge >= 0.3 is 0 Å². The van der Waals surface area contributed by atoms with Gasteiger partial charge in [0, 0.05) is 18.3 Å². The largest absolute Gasteiger partial charge is 0.379 e. The highest BCUT2D eigenvalue weighted by Gasteiger charge is 2.08. The van der Waals surface area contributed by atoms with E-state index in [4.69, 9.17) is 0 Å². The van der Waals surface area contributed by atoms with E-state index in [1.165, 1.54) is 16.1 Å². The van der Waals surface area contributed by atoms with E-state index in [-0.39, 0.29) is 5.56 Å². The minimum atomic E-state index is -0.189. The molecule has 0 spiro atoms. The van der Waals surface area contributed by atoms with Crippen LogP contribution in [0.2, 0.25) is 0 Å². The van der Waals surface area contributed by atoms with Crippen molar-refractivity contribution in [2.45, 2.75) is 26.4 Å². The Kier molecular flexibility index (Phi) is 5.05. The Morgan fingerprint density at radius 1 is 0.964 bits per heavy atom. The summed E-state index contributed by atoms with van der Waals surface area (Å²) in [7, 11) is 0. The molecule has 142 valence electrons. The number of hydrogen-bond acceptors (Lipinski definition) is 5. The maximum absolute atomic E-state index is 12.4. The predicted molar refractivity (Wildman–Crippen MR) is 111 cm³/mol. The molecule has 2 aromatic carbocycles. The third-order valence-electron chi connectivity index (χ3n) is 4.54. The molecule has 2 aromatic heterocycles. The molecular weight excluding hydrogens is 352 g/mol. The molecule has 7 nitrogen and oxygen atoms in total. The SMILES string of the molecule is CCc1ccccc1NCc1cc(=O)n2[nH]c(NCc3ccccc3)nc2n1. The van der Waals surface area contributed by atoms with Gasteiger partial charge in [-0.2, -0.15) is 9.50 Å². The molecule has 0 radical (unpaired) electrons. The molecule has 0 saturated heterocycles. The van der Waals surface area contributed by atoms with Gasteiger partial charge in [-0.25, -0.2) is 4.98 Å². The lowest BCUT2D eigenvalue weighted by molar-refractivity contribution is 0.874. The zero-order valence-corrected chi connectivity index (χ0v) is 15.6. The van der Waals surface area contributed by atoms with E-state index in [9.17, 15) is 4.79 Å². The highest BCUT2D eigenvalue weighted by Crippen LogP contribution is 2.16. The maximum atomic E-state index is 12.4. The van der Waals surface area contributed by atoms with E-state index in [1.807, 2.05) is 48.5 Å². The van der Waals surface area contributed by atoms with Crippen molar-refractivity contribution < 1.29 is 0 Å². The molecule has 28 heavy (non-hydrogen) atoms. The van der Waals surface area contributed by atoms with Crippen LogP contribution < -0.4 is 16.2 Å². The van der Waals surface area contributed by atoms with Crippen molar-refractivity contribution in [2.24, 2.45) is 0 Å². The van der Waals surface area contributed by atoms with Gasteiger partial charge in [-0.15, -0.1) is 0 Å². The topological polar surface area (TPSA) is 87.1 Å². The fourth-order valence-corrected chi connectivity index (χ4v) is 3.07. The van der Waals surface area contributed by atoms with Crippen molar-refractivity contribution in [3.8, 4) is 0 Å². The van der Waals surface area contributed by atoms with Crippen LogP contribution in [0.15, 0.2) is 65.5 Å². The Hall–Kier alpha value is -3.61. The summed E-state index contributed by atoms with van der Waals surface area (Å²) in [5.74, 6) is 0.860. The number of rotatable bonds is 7. The third-order valence-corrected chi connectivity index (χ3v) is 4.54. The van der Waals surface area contributed by atoms with Gasteiger partial charge in [0.2, 0.25) is 5.95 Å². The number of H-pyrrole nitrogens is 1. The Labute approximate surface area is 162 Å². The molecule has 0 aliphatic heterocycles. The molecule has 4 aromatic rings. The Bertz CT molecular complexity index is 1130. The monoisotopic (exact) mass is 374 g/mol. The second-order valence-electron chi connectivity index (χ2n) is 6.50. The van der Waals surface area contributed by atoms with Gasteiger partial charge in [-0.3, -0.25) is 9.89 Å². The van der Waals surface area contributed by atoms with Gasteiger partial charge in [0.15, 0.2) is 0 Å². The first-order chi connectivity index (χ1) is 13.7. The molecule has 2 heterocycles. The Morgan fingerprint density at radius 2 is 1.75 bits per heavy atom. The highest BCUT2D eigenvalue weighted by molar-refractivity contribution is 5.51. The molecule has 0 bridgehead atoms. The molecular formula is C21H22N6O. The molecule has 0 aliphatic carbocycles. The van der Waals surface area contributed by atoms with E-state index in [1.54, 1.807) is 0 Å². The molecule has 0 fully saturated rings. The lowest BCUT2D eigenvalue weighted by atomic mass is 10.1. The summed E-state index contributed by atoms with van der Waals surface area (Å²) in [6.07, 6.45) is 0.939. The van der Waals surface area contributed by atoms with Crippen molar-refractivity contribution in [3.05, 3.63) is 87.8 Å². The standard InChI is InChI=1S/C21H22N6O/c1-2-16-10-6-7-11-18(16)22-14-17-12-19(28)27-21(24-17)25-20(26-27)23-13-15-8-4-3-5-9-15/h3-12,22H,2,13-14H2,1H3,(H2,23,24,25,26). The summed E-state index contributed by atoms with van der Waals surface area (Å²) in [6, 6.07) is 19.7. The maximum Gasteiger partial charge on any atom is 0.274 e. The van der Waals surface area contributed by atoms with Gasteiger partial charge in [0.05, 0.1) is 12.2 Å². The van der Waals surface area contributed by atoms with Crippen LogP contribution in [0.1, 0.15) is 23.7 Å². The van der Waals surface area contributed by atoms with Crippen LogP contribution in [0.3, 0.4) is 0 Å². The van der Waals surface area contributed by atoms with Gasteiger partial charge in [-0.05, 0) is 23.6 Å². The highest BCUT2D eigenvalue weighted by atomic mass is 16.1. The lowest BCUT2D eigenvalue weighted by Gasteiger charge is -2.10. The molecule has 0 atom stereocenters. The van der Waals surface area contributed by atoms with Crippen LogP contribution in [0.5, 0.6) is 0 Å². The number of benzene rings is 2. The molecule has 4 rings (SSSR count). The first kappa shape index (κ1) is 17.8. The molecule has 3 N–H and O–H groups in total. The van der Waals surface area contributed by atoms with Crippen LogP contribution in [0.4, 0.5) is 11.6 Å². The molecule has 0 amide bonds. The van der Waals surface area contributed by atoms with E-state index in [2.05, 4.69) is 38.7 Å². The summed E-state index contributed by atoms with van der Waals surface area (Å²) in [6.45, 7) is 3.19. The second-order valence-corrected chi connectivity index (χ2v) is 6.50. The predicted octanol–water partition coefficient (Wildman–Crippen LogP) is 3.20. The summed E-state index contributed by atoms with van der Waals surface area (Å²) >= 11 is 0. The Morgan fingerprint density at radius 3 is 2.57 bits per heavy atom. The molecule has 7 heteroatoms. The number of hydrogen-bond donors (Lipinski definition) is 3. The van der Waals surface area contributed by atoms with Crippen LogP contribution in [-0.4, -0.2) is 19.6 Å². The number of nitrogens with one attached hydrogen (secondary N) is 3. The average molecular weight is 374 g/mol. The third kappa shape index (κ3) is 3.88. The quantitative estimate of drug-likeness (QED) is 0.462. The number of aryl methyl sites for hydroxylation is 1. The van der Waals surface area contributed by atoms with E-state index in [0.717, 1.165) is 17.7 Å². The first-order valence-electron chi connectivity index (χ1n) is 9.31. The number of anilines is 2. The number of aromatic amines is 1. The lowest BCUT2D eigenvalue weighted by Crippen LogP contribution is -2.17. The summed E-state index contributed by atoms with van der Waals surface area (Å²) < 4.78 is 1.34. The number of para-hydroxylation sites is 1. The van der Waals surface area contributed by atoms with Crippen molar-refractivity contribution in [1.82, 2.24) is 19.6 Å². The van der Waals surface area contributed by atoms with Crippen molar-refractivity contribution >= 4 is 17.4 Å².